The molecule has 0 aromatic carbocycles. The molecule has 0 aromatic rings. The minimum absolute atomic E-state index is 0.722. The van der Waals surface area contributed by atoms with Crippen LogP contribution in [0.2, 0.25) is 0 Å². The van der Waals surface area contributed by atoms with E-state index in [1.165, 1.54) is 18.2 Å². The normalized spacial score (nSPS) is 18.2. The minimum atomic E-state index is -1.79. The van der Waals surface area contributed by atoms with Crippen LogP contribution >= 0.6 is 8.60 Å². The maximum Gasteiger partial charge on any atom is 0.338 e. The predicted molar refractivity (Wildman–Crippen MR) is 64.7 cm³/mol. The Kier molecular flexibility index (Phi) is 8.23. The van der Waals surface area contributed by atoms with Gasteiger partial charge in [0.25, 0.3) is 0 Å². The van der Waals surface area contributed by atoms with Gasteiger partial charge in [-0.2, -0.15) is 0 Å². The molecule has 0 radical (unpaired) electrons. The second-order valence-electron chi connectivity index (χ2n) is 2.64. The van der Waals surface area contributed by atoms with E-state index in [0.717, 1.165) is 0 Å². The van der Waals surface area contributed by atoms with Gasteiger partial charge in [0.2, 0.25) is 0 Å². The van der Waals surface area contributed by atoms with Gasteiger partial charge >= 0.3 is 8.60 Å². The summed E-state index contributed by atoms with van der Waals surface area (Å²) in [6.45, 7) is 10.4. The Labute approximate surface area is 96.7 Å². The van der Waals surface area contributed by atoms with Crippen LogP contribution in [0.5, 0.6) is 0 Å². The van der Waals surface area contributed by atoms with Crippen LogP contribution < -0.4 is 17.2 Å². The van der Waals surface area contributed by atoms with Gasteiger partial charge < -0.3 is 17.2 Å². The van der Waals surface area contributed by atoms with Crippen LogP contribution in [-0.4, -0.2) is 18.7 Å². The fourth-order valence-corrected chi connectivity index (χ4v) is 1.51. The molecule has 6 nitrogen and oxygen atoms in total. The highest BCUT2D eigenvalue weighted by molar-refractivity contribution is 7.41. The molecule has 0 aliphatic rings. The summed E-state index contributed by atoms with van der Waals surface area (Å²) in [6, 6.07) is 0. The SMILES string of the molecule is C=CC(N)OP(OC(N)C=C)OC(N)C=C. The predicted octanol–water partition coefficient (Wildman–Crippen LogP) is 0.675. The fraction of sp³-hybridized carbons (Fsp3) is 0.333. The molecule has 0 bridgehead atoms. The molecule has 0 fully saturated rings. The second kappa shape index (κ2) is 8.55. The van der Waals surface area contributed by atoms with Crippen molar-refractivity contribution in [3.63, 3.8) is 0 Å². The first-order valence-corrected chi connectivity index (χ1v) is 5.58. The molecular weight excluding hydrogens is 229 g/mol. The maximum atomic E-state index is 5.49. The first kappa shape index (κ1) is 15.4. The Balaban J connectivity index is 4.30. The lowest BCUT2D eigenvalue weighted by Crippen LogP contribution is -2.26. The topological polar surface area (TPSA) is 106 Å². The van der Waals surface area contributed by atoms with Gasteiger partial charge in [-0.25, -0.2) is 0 Å². The lowest BCUT2D eigenvalue weighted by atomic mass is 10.6. The van der Waals surface area contributed by atoms with Gasteiger partial charge in [-0.1, -0.05) is 19.7 Å². The maximum absolute atomic E-state index is 5.49. The summed E-state index contributed by atoms with van der Waals surface area (Å²) >= 11 is 0. The highest BCUT2D eigenvalue weighted by Crippen LogP contribution is 2.42. The first-order chi connectivity index (χ1) is 7.53. The molecule has 0 saturated carbocycles. The summed E-state index contributed by atoms with van der Waals surface area (Å²) < 4.78 is 15.5. The largest absolute Gasteiger partial charge is 0.338 e. The first-order valence-electron chi connectivity index (χ1n) is 4.48. The molecule has 3 unspecified atom stereocenters. The van der Waals surface area contributed by atoms with Crippen molar-refractivity contribution in [3.05, 3.63) is 38.0 Å². The molecular formula is C9H18N3O3P. The van der Waals surface area contributed by atoms with Gasteiger partial charge in [0, 0.05) is 0 Å². The summed E-state index contributed by atoms with van der Waals surface area (Å²) in [4.78, 5) is 0. The minimum Gasteiger partial charge on any atom is -0.302 e. The molecule has 0 amide bonds. The molecule has 7 heteroatoms. The van der Waals surface area contributed by atoms with Gasteiger partial charge in [-0.15, -0.1) is 0 Å². The van der Waals surface area contributed by atoms with Crippen LogP contribution in [0.15, 0.2) is 38.0 Å². The molecule has 0 aromatic heterocycles. The number of rotatable bonds is 9. The molecule has 0 aliphatic carbocycles. The smallest absolute Gasteiger partial charge is 0.302 e. The van der Waals surface area contributed by atoms with Gasteiger partial charge in [-0.05, 0) is 18.2 Å². The van der Waals surface area contributed by atoms with Gasteiger partial charge in [0.05, 0.1) is 0 Å². The van der Waals surface area contributed by atoms with Gasteiger partial charge in [-0.3, -0.25) is 13.6 Å². The Hall–Kier alpha value is -0.590. The van der Waals surface area contributed by atoms with Crippen molar-refractivity contribution in [1.29, 1.82) is 0 Å². The molecule has 6 N–H and O–H groups in total. The van der Waals surface area contributed by atoms with E-state index in [0.29, 0.717) is 0 Å². The monoisotopic (exact) mass is 247 g/mol. The number of hydrogen-bond acceptors (Lipinski definition) is 6. The average molecular weight is 247 g/mol. The van der Waals surface area contributed by atoms with Crippen LogP contribution in [0, 0.1) is 0 Å². The number of nitrogens with two attached hydrogens (primary N) is 3. The molecule has 3 atom stereocenters. The highest BCUT2D eigenvalue weighted by Gasteiger charge is 2.20. The second-order valence-corrected chi connectivity index (χ2v) is 3.72. The van der Waals surface area contributed by atoms with Crippen LogP contribution in [0.4, 0.5) is 0 Å². The van der Waals surface area contributed by atoms with Gasteiger partial charge in [0.1, 0.15) is 18.7 Å². The van der Waals surface area contributed by atoms with Crippen LogP contribution in [0.1, 0.15) is 0 Å². The standard InChI is InChI=1S/C9H18N3O3P/c1-4-7(10)13-16(14-8(11)5-2)15-9(12)6-3/h4-9H,1-3,10-12H2. The van der Waals surface area contributed by atoms with Crippen molar-refractivity contribution < 1.29 is 13.6 Å². The Morgan fingerprint density at radius 2 is 1.00 bits per heavy atom. The van der Waals surface area contributed by atoms with E-state index in [1.807, 2.05) is 0 Å². The van der Waals surface area contributed by atoms with E-state index in [-0.39, 0.29) is 0 Å². The summed E-state index contributed by atoms with van der Waals surface area (Å²) in [5.41, 5.74) is 16.5. The summed E-state index contributed by atoms with van der Waals surface area (Å²) in [5, 5.41) is 0. The molecule has 0 aliphatic heterocycles. The summed E-state index contributed by atoms with van der Waals surface area (Å²) in [7, 11) is -1.79. The lowest BCUT2D eigenvalue weighted by molar-refractivity contribution is 0.107. The van der Waals surface area contributed by atoms with E-state index in [2.05, 4.69) is 19.7 Å². The molecule has 92 valence electrons. The molecule has 0 spiro atoms. The summed E-state index contributed by atoms with van der Waals surface area (Å²) in [6.07, 6.45) is 2.00. The van der Waals surface area contributed by atoms with E-state index >= 15 is 0 Å². The zero-order valence-electron chi connectivity index (χ0n) is 8.99. The molecule has 16 heavy (non-hydrogen) atoms. The van der Waals surface area contributed by atoms with E-state index in [4.69, 9.17) is 30.8 Å². The van der Waals surface area contributed by atoms with E-state index in [9.17, 15) is 0 Å². The van der Waals surface area contributed by atoms with Crippen molar-refractivity contribution in [2.45, 2.75) is 18.7 Å². The van der Waals surface area contributed by atoms with Crippen molar-refractivity contribution >= 4 is 8.60 Å². The molecule has 0 saturated heterocycles. The molecule has 0 rings (SSSR count). The fourth-order valence-electron chi connectivity index (χ4n) is 0.502. The quantitative estimate of drug-likeness (QED) is 0.314. The Bertz CT molecular complexity index is 202. The third kappa shape index (κ3) is 6.81. The highest BCUT2D eigenvalue weighted by atomic mass is 31.2. The average Bonchev–Trinajstić information content (AvgIpc) is 2.28. The zero-order valence-corrected chi connectivity index (χ0v) is 9.88. The van der Waals surface area contributed by atoms with Gasteiger partial charge in [0.15, 0.2) is 0 Å². The number of hydrogen-bond donors (Lipinski definition) is 3. The zero-order chi connectivity index (χ0) is 12.6. The third-order valence-corrected chi connectivity index (χ3v) is 2.57. The van der Waals surface area contributed by atoms with E-state index in [1.54, 1.807) is 0 Å². The summed E-state index contributed by atoms with van der Waals surface area (Å²) in [5.74, 6) is 0. The third-order valence-electron chi connectivity index (χ3n) is 1.32. The van der Waals surface area contributed by atoms with E-state index < -0.39 is 27.3 Å². The van der Waals surface area contributed by atoms with Crippen molar-refractivity contribution in [1.82, 2.24) is 0 Å². The van der Waals surface area contributed by atoms with Crippen LogP contribution in [0.25, 0.3) is 0 Å². The Morgan fingerprint density at radius 1 is 0.750 bits per heavy atom. The molecule has 0 heterocycles. The van der Waals surface area contributed by atoms with Crippen LogP contribution in [0.3, 0.4) is 0 Å². The Morgan fingerprint density at radius 3 is 1.19 bits per heavy atom. The van der Waals surface area contributed by atoms with Crippen molar-refractivity contribution in [2.75, 3.05) is 0 Å². The van der Waals surface area contributed by atoms with Crippen LogP contribution in [-0.2, 0) is 13.6 Å². The van der Waals surface area contributed by atoms with Crippen molar-refractivity contribution in [3.8, 4) is 0 Å². The lowest BCUT2D eigenvalue weighted by Gasteiger charge is -2.22. The van der Waals surface area contributed by atoms with Crippen molar-refractivity contribution in [2.24, 2.45) is 17.2 Å².